The minimum atomic E-state index is -0.229. The van der Waals surface area contributed by atoms with Crippen LogP contribution in [-0.4, -0.2) is 36.9 Å². The number of rotatable bonds is 7. The third-order valence-electron chi connectivity index (χ3n) is 3.78. The monoisotopic (exact) mass is 339 g/mol. The van der Waals surface area contributed by atoms with E-state index >= 15 is 0 Å². The van der Waals surface area contributed by atoms with E-state index in [1.54, 1.807) is 35.4 Å². The topological polar surface area (TPSA) is 89.7 Å². The first-order valence-corrected chi connectivity index (χ1v) is 8.21. The maximum atomic E-state index is 11.9. The number of nitrogens with zero attached hydrogens (tertiary/aromatic N) is 5. The van der Waals surface area contributed by atoms with Crippen molar-refractivity contribution in [2.75, 3.05) is 11.9 Å². The molecule has 2 amide bonds. The molecule has 0 aromatic carbocycles. The van der Waals surface area contributed by atoms with Crippen molar-refractivity contribution in [3.8, 4) is 5.82 Å². The molecule has 8 nitrogen and oxygen atoms in total. The number of amides is 2. The van der Waals surface area contributed by atoms with Crippen LogP contribution < -0.4 is 10.6 Å². The number of carbonyl (C=O) groups is 1. The minimum Gasteiger partial charge on any atom is -0.338 e. The fourth-order valence-electron chi connectivity index (χ4n) is 2.42. The first-order valence-electron chi connectivity index (χ1n) is 8.21. The zero-order chi connectivity index (χ0) is 17.5. The number of pyridine rings is 1. The first kappa shape index (κ1) is 16.7. The number of aryl methyl sites for hydroxylation is 2. The number of urea groups is 1. The van der Waals surface area contributed by atoms with Gasteiger partial charge in [0.25, 0.3) is 0 Å². The Balaban J connectivity index is 1.37. The van der Waals surface area contributed by atoms with Gasteiger partial charge in [-0.05, 0) is 38.0 Å². The number of nitrogens with one attached hydrogen (secondary N) is 2. The zero-order valence-electron chi connectivity index (χ0n) is 14.1. The van der Waals surface area contributed by atoms with E-state index in [0.29, 0.717) is 18.1 Å². The molecule has 0 fully saturated rings. The van der Waals surface area contributed by atoms with E-state index in [0.717, 1.165) is 25.2 Å². The van der Waals surface area contributed by atoms with Gasteiger partial charge in [0.2, 0.25) is 0 Å². The molecule has 0 aliphatic carbocycles. The van der Waals surface area contributed by atoms with Crippen molar-refractivity contribution < 1.29 is 4.79 Å². The van der Waals surface area contributed by atoms with E-state index in [1.165, 1.54) is 0 Å². The molecule has 0 atom stereocenters. The highest BCUT2D eigenvalue weighted by atomic mass is 16.2. The van der Waals surface area contributed by atoms with Crippen LogP contribution in [0.3, 0.4) is 0 Å². The standard InChI is InChI=1S/C17H21N7O/c1-14-18-9-12-23(14)10-3-2-7-19-17(25)22-15-5-6-16(20-13-15)24-11-4-8-21-24/h4-6,8-9,11-13H,2-3,7,10H2,1H3,(H2,19,22,25). The van der Waals surface area contributed by atoms with Gasteiger partial charge in [-0.3, -0.25) is 0 Å². The highest BCUT2D eigenvalue weighted by molar-refractivity contribution is 5.88. The molecule has 0 aliphatic heterocycles. The molecule has 0 aliphatic rings. The van der Waals surface area contributed by atoms with Gasteiger partial charge in [0.05, 0.1) is 11.9 Å². The lowest BCUT2D eigenvalue weighted by Gasteiger charge is -2.08. The summed E-state index contributed by atoms with van der Waals surface area (Å²) in [5.74, 6) is 1.71. The Labute approximate surface area is 145 Å². The number of unbranched alkanes of at least 4 members (excludes halogenated alkanes) is 1. The minimum absolute atomic E-state index is 0.229. The van der Waals surface area contributed by atoms with Crippen LogP contribution in [0.2, 0.25) is 0 Å². The van der Waals surface area contributed by atoms with Gasteiger partial charge >= 0.3 is 6.03 Å². The van der Waals surface area contributed by atoms with Gasteiger partial charge < -0.3 is 15.2 Å². The molecule has 3 aromatic heterocycles. The second-order valence-corrected chi connectivity index (χ2v) is 5.61. The Morgan fingerprint density at radius 3 is 2.76 bits per heavy atom. The van der Waals surface area contributed by atoms with E-state index in [-0.39, 0.29) is 6.03 Å². The van der Waals surface area contributed by atoms with E-state index in [1.807, 2.05) is 25.4 Å². The van der Waals surface area contributed by atoms with Crippen molar-refractivity contribution >= 4 is 11.7 Å². The average molecular weight is 339 g/mol. The molecule has 0 saturated carbocycles. The third-order valence-corrected chi connectivity index (χ3v) is 3.78. The number of anilines is 1. The second-order valence-electron chi connectivity index (χ2n) is 5.61. The van der Waals surface area contributed by atoms with Crippen molar-refractivity contribution in [1.82, 2.24) is 29.6 Å². The summed E-state index contributed by atoms with van der Waals surface area (Å²) in [4.78, 5) is 20.3. The Hall–Kier alpha value is -3.16. The van der Waals surface area contributed by atoms with Gasteiger partial charge in [-0.1, -0.05) is 0 Å². The molecule has 3 aromatic rings. The summed E-state index contributed by atoms with van der Waals surface area (Å²) in [5, 5.41) is 9.73. The van der Waals surface area contributed by atoms with Crippen LogP contribution in [-0.2, 0) is 6.54 Å². The SMILES string of the molecule is Cc1nccn1CCCCNC(=O)Nc1ccc(-n2cccn2)nc1. The number of hydrogen-bond donors (Lipinski definition) is 2. The average Bonchev–Trinajstić information content (AvgIpc) is 3.27. The number of hydrogen-bond acceptors (Lipinski definition) is 4. The quantitative estimate of drug-likeness (QED) is 0.647. The summed E-state index contributed by atoms with van der Waals surface area (Å²) in [6, 6.07) is 5.20. The maximum absolute atomic E-state index is 11.9. The van der Waals surface area contributed by atoms with Crippen molar-refractivity contribution in [3.63, 3.8) is 0 Å². The molecular formula is C17H21N7O. The second kappa shape index (κ2) is 8.09. The van der Waals surface area contributed by atoms with E-state index in [9.17, 15) is 4.79 Å². The van der Waals surface area contributed by atoms with Crippen LogP contribution in [0.15, 0.2) is 49.2 Å². The normalized spacial score (nSPS) is 10.6. The summed E-state index contributed by atoms with van der Waals surface area (Å²) in [5.41, 5.74) is 0.641. The van der Waals surface area contributed by atoms with Crippen molar-refractivity contribution in [1.29, 1.82) is 0 Å². The van der Waals surface area contributed by atoms with Crippen LogP contribution in [0.4, 0.5) is 10.5 Å². The van der Waals surface area contributed by atoms with Gasteiger partial charge in [-0.25, -0.2) is 19.4 Å². The lowest BCUT2D eigenvalue weighted by molar-refractivity contribution is 0.252. The summed E-state index contributed by atoms with van der Waals surface area (Å²) in [7, 11) is 0. The number of imidazole rings is 1. The lowest BCUT2D eigenvalue weighted by Crippen LogP contribution is -2.29. The Kier molecular flexibility index (Phi) is 5.40. The van der Waals surface area contributed by atoms with Crippen LogP contribution in [0.1, 0.15) is 18.7 Å². The van der Waals surface area contributed by atoms with Crippen molar-refractivity contribution in [3.05, 3.63) is 55.0 Å². The van der Waals surface area contributed by atoms with E-state index in [4.69, 9.17) is 0 Å². The molecule has 0 radical (unpaired) electrons. The molecule has 8 heteroatoms. The van der Waals surface area contributed by atoms with Crippen LogP contribution in [0.5, 0.6) is 0 Å². The largest absolute Gasteiger partial charge is 0.338 e. The molecule has 130 valence electrons. The zero-order valence-corrected chi connectivity index (χ0v) is 14.1. The van der Waals surface area contributed by atoms with Gasteiger partial charge in [0, 0.05) is 37.9 Å². The van der Waals surface area contributed by atoms with Crippen molar-refractivity contribution in [2.24, 2.45) is 0 Å². The molecule has 2 N–H and O–H groups in total. The van der Waals surface area contributed by atoms with Crippen LogP contribution >= 0.6 is 0 Å². The highest BCUT2D eigenvalue weighted by Crippen LogP contribution is 2.08. The Morgan fingerprint density at radius 2 is 2.08 bits per heavy atom. The molecular weight excluding hydrogens is 318 g/mol. The van der Waals surface area contributed by atoms with E-state index < -0.39 is 0 Å². The smallest absolute Gasteiger partial charge is 0.319 e. The van der Waals surface area contributed by atoms with Gasteiger partial charge in [-0.15, -0.1) is 0 Å². The summed E-state index contributed by atoms with van der Waals surface area (Å²) in [6.45, 7) is 3.52. The Morgan fingerprint density at radius 1 is 1.16 bits per heavy atom. The van der Waals surface area contributed by atoms with Gasteiger partial charge in [0.15, 0.2) is 5.82 Å². The fourth-order valence-corrected chi connectivity index (χ4v) is 2.42. The predicted octanol–water partition coefficient (Wildman–Crippen LogP) is 2.37. The highest BCUT2D eigenvalue weighted by Gasteiger charge is 2.03. The van der Waals surface area contributed by atoms with Gasteiger partial charge in [-0.2, -0.15) is 5.10 Å². The number of aromatic nitrogens is 5. The summed E-state index contributed by atoms with van der Waals surface area (Å²) >= 11 is 0. The summed E-state index contributed by atoms with van der Waals surface area (Å²) < 4.78 is 3.76. The molecule has 0 unspecified atom stereocenters. The Bertz CT molecular complexity index is 793. The lowest BCUT2D eigenvalue weighted by atomic mass is 10.3. The van der Waals surface area contributed by atoms with E-state index in [2.05, 4.69) is 30.3 Å². The van der Waals surface area contributed by atoms with Crippen LogP contribution in [0, 0.1) is 6.92 Å². The van der Waals surface area contributed by atoms with Crippen molar-refractivity contribution in [2.45, 2.75) is 26.3 Å². The predicted molar refractivity (Wildman–Crippen MR) is 94.6 cm³/mol. The maximum Gasteiger partial charge on any atom is 0.319 e. The fraction of sp³-hybridized carbons (Fsp3) is 0.294. The molecule has 3 heterocycles. The molecule has 3 rings (SSSR count). The van der Waals surface area contributed by atoms with Gasteiger partial charge in [0.1, 0.15) is 5.82 Å². The number of carbonyl (C=O) groups excluding carboxylic acids is 1. The molecule has 25 heavy (non-hydrogen) atoms. The molecule has 0 spiro atoms. The van der Waals surface area contributed by atoms with Crippen LogP contribution in [0.25, 0.3) is 5.82 Å². The molecule has 0 bridgehead atoms. The molecule has 0 saturated heterocycles. The summed E-state index contributed by atoms with van der Waals surface area (Å²) in [6.07, 6.45) is 10.8. The first-order chi connectivity index (χ1) is 12.2. The third kappa shape index (κ3) is 4.66.